The Kier molecular flexibility index (Phi) is 3.50. The van der Waals surface area contributed by atoms with Crippen LogP contribution in [0.2, 0.25) is 0 Å². The van der Waals surface area contributed by atoms with Crippen molar-refractivity contribution >= 4 is 0 Å². The smallest absolute Gasteiger partial charge is 0.134 e. The molecule has 1 aromatic heterocycles. The largest absolute Gasteiger partial charge is 0.489 e. The summed E-state index contributed by atoms with van der Waals surface area (Å²) in [5.41, 5.74) is 2.27. The topological polar surface area (TPSA) is 22.4 Å². The third-order valence-corrected chi connectivity index (χ3v) is 3.02. The van der Waals surface area contributed by atoms with Crippen molar-refractivity contribution in [3.8, 4) is 16.9 Å². The standard InChI is InChI=1S/C17H13FO2/c18-17-10-15(20-11-13-4-2-1-3-5-13)6-7-16(17)14-8-9-19-12-14/h1-10,12H,11H2. The predicted octanol–water partition coefficient (Wildman–Crippen LogP) is 4.66. The lowest BCUT2D eigenvalue weighted by molar-refractivity contribution is 0.304. The predicted molar refractivity (Wildman–Crippen MR) is 74.9 cm³/mol. The first kappa shape index (κ1) is 12.5. The van der Waals surface area contributed by atoms with Crippen molar-refractivity contribution in [1.29, 1.82) is 0 Å². The van der Waals surface area contributed by atoms with E-state index in [1.807, 2.05) is 30.3 Å². The van der Waals surface area contributed by atoms with Crippen LogP contribution < -0.4 is 4.74 Å². The van der Waals surface area contributed by atoms with Gasteiger partial charge in [0, 0.05) is 17.2 Å². The summed E-state index contributed by atoms with van der Waals surface area (Å²) in [7, 11) is 0. The van der Waals surface area contributed by atoms with Crippen LogP contribution in [0.4, 0.5) is 4.39 Å². The van der Waals surface area contributed by atoms with Gasteiger partial charge in [-0.3, -0.25) is 0 Å². The van der Waals surface area contributed by atoms with Gasteiger partial charge < -0.3 is 9.15 Å². The highest BCUT2D eigenvalue weighted by Gasteiger charge is 2.07. The minimum absolute atomic E-state index is 0.322. The van der Waals surface area contributed by atoms with Gasteiger partial charge in [-0.1, -0.05) is 30.3 Å². The first-order chi connectivity index (χ1) is 9.83. The molecule has 1 heterocycles. The van der Waals surface area contributed by atoms with Gasteiger partial charge in [-0.25, -0.2) is 4.39 Å². The van der Waals surface area contributed by atoms with Crippen molar-refractivity contribution in [1.82, 2.24) is 0 Å². The highest BCUT2D eigenvalue weighted by Crippen LogP contribution is 2.26. The van der Waals surface area contributed by atoms with Gasteiger partial charge in [0.15, 0.2) is 0 Å². The lowest BCUT2D eigenvalue weighted by atomic mass is 10.1. The first-order valence-corrected chi connectivity index (χ1v) is 6.32. The van der Waals surface area contributed by atoms with E-state index >= 15 is 0 Å². The summed E-state index contributed by atoms with van der Waals surface area (Å²) >= 11 is 0. The molecule has 0 unspecified atom stereocenters. The fourth-order valence-electron chi connectivity index (χ4n) is 1.98. The van der Waals surface area contributed by atoms with Crippen LogP contribution in [0.25, 0.3) is 11.1 Å². The first-order valence-electron chi connectivity index (χ1n) is 6.32. The molecule has 2 nitrogen and oxygen atoms in total. The van der Waals surface area contributed by atoms with E-state index in [2.05, 4.69) is 0 Å². The summed E-state index contributed by atoms with van der Waals surface area (Å²) in [5, 5.41) is 0. The quantitative estimate of drug-likeness (QED) is 0.686. The monoisotopic (exact) mass is 268 g/mol. The van der Waals surface area contributed by atoms with E-state index in [-0.39, 0.29) is 5.82 Å². The molecule has 3 rings (SSSR count). The zero-order chi connectivity index (χ0) is 13.8. The van der Waals surface area contributed by atoms with Gasteiger partial charge in [0.05, 0.1) is 12.5 Å². The molecule has 100 valence electrons. The number of ether oxygens (including phenoxy) is 1. The van der Waals surface area contributed by atoms with Crippen molar-refractivity contribution in [2.45, 2.75) is 6.61 Å². The summed E-state index contributed by atoms with van der Waals surface area (Å²) in [6.45, 7) is 0.422. The minimum atomic E-state index is -0.322. The van der Waals surface area contributed by atoms with Gasteiger partial charge in [-0.2, -0.15) is 0 Å². The Hall–Kier alpha value is -2.55. The number of halogens is 1. The number of rotatable bonds is 4. The van der Waals surface area contributed by atoms with Gasteiger partial charge in [-0.15, -0.1) is 0 Å². The highest BCUT2D eigenvalue weighted by molar-refractivity contribution is 5.63. The van der Waals surface area contributed by atoms with E-state index in [1.165, 1.54) is 18.6 Å². The maximum absolute atomic E-state index is 14.0. The minimum Gasteiger partial charge on any atom is -0.489 e. The molecule has 0 aliphatic heterocycles. The molecule has 0 aliphatic rings. The van der Waals surface area contributed by atoms with E-state index < -0.39 is 0 Å². The van der Waals surface area contributed by atoms with Crippen LogP contribution in [0.3, 0.4) is 0 Å². The van der Waals surface area contributed by atoms with Crippen LogP contribution in [0.1, 0.15) is 5.56 Å². The summed E-state index contributed by atoms with van der Waals surface area (Å²) in [6.07, 6.45) is 3.04. The number of hydrogen-bond donors (Lipinski definition) is 0. The second kappa shape index (κ2) is 5.61. The molecular formula is C17H13FO2. The van der Waals surface area contributed by atoms with Crippen molar-refractivity contribution in [2.24, 2.45) is 0 Å². The zero-order valence-electron chi connectivity index (χ0n) is 10.8. The van der Waals surface area contributed by atoms with E-state index in [0.717, 1.165) is 11.1 Å². The van der Waals surface area contributed by atoms with Crippen LogP contribution in [0, 0.1) is 5.82 Å². The van der Waals surface area contributed by atoms with Crippen molar-refractivity contribution in [3.63, 3.8) is 0 Å². The van der Waals surface area contributed by atoms with Crippen LogP contribution in [0.5, 0.6) is 5.75 Å². The summed E-state index contributed by atoms with van der Waals surface area (Å²) in [5.74, 6) is 0.190. The van der Waals surface area contributed by atoms with Crippen molar-refractivity contribution in [2.75, 3.05) is 0 Å². The molecule has 0 atom stereocenters. The number of hydrogen-bond acceptors (Lipinski definition) is 2. The summed E-state index contributed by atoms with van der Waals surface area (Å²) in [4.78, 5) is 0. The van der Waals surface area contributed by atoms with Crippen LogP contribution in [-0.4, -0.2) is 0 Å². The van der Waals surface area contributed by atoms with E-state index in [0.29, 0.717) is 17.9 Å². The fourth-order valence-corrected chi connectivity index (χ4v) is 1.98. The molecule has 0 aliphatic carbocycles. The number of furan rings is 1. The van der Waals surface area contributed by atoms with Crippen LogP contribution in [0.15, 0.2) is 71.5 Å². The maximum atomic E-state index is 14.0. The summed E-state index contributed by atoms with van der Waals surface area (Å²) in [6, 6.07) is 16.3. The van der Waals surface area contributed by atoms with E-state index in [4.69, 9.17) is 9.15 Å². The van der Waals surface area contributed by atoms with Crippen molar-refractivity contribution in [3.05, 3.63) is 78.5 Å². The van der Waals surface area contributed by atoms with Crippen molar-refractivity contribution < 1.29 is 13.5 Å². The molecule has 0 fully saturated rings. The molecule has 0 N–H and O–H groups in total. The Morgan fingerprint density at radius 3 is 2.55 bits per heavy atom. The van der Waals surface area contributed by atoms with Crippen LogP contribution >= 0.6 is 0 Å². The van der Waals surface area contributed by atoms with E-state index in [1.54, 1.807) is 18.2 Å². The maximum Gasteiger partial charge on any atom is 0.134 e. The molecule has 0 bridgehead atoms. The lowest BCUT2D eigenvalue weighted by Crippen LogP contribution is -1.95. The third kappa shape index (κ3) is 2.72. The summed E-state index contributed by atoms with van der Waals surface area (Å²) < 4.78 is 24.6. The average Bonchev–Trinajstić information content (AvgIpc) is 3.00. The van der Waals surface area contributed by atoms with Crippen LogP contribution in [-0.2, 0) is 6.61 Å². The van der Waals surface area contributed by atoms with Gasteiger partial charge in [0.2, 0.25) is 0 Å². The molecule has 0 saturated carbocycles. The second-order valence-electron chi connectivity index (χ2n) is 4.43. The molecule has 2 aromatic carbocycles. The fraction of sp³-hybridized carbons (Fsp3) is 0.0588. The van der Waals surface area contributed by atoms with Gasteiger partial charge in [-0.05, 0) is 23.8 Å². The SMILES string of the molecule is Fc1cc(OCc2ccccc2)ccc1-c1ccoc1. The number of benzene rings is 2. The molecule has 0 saturated heterocycles. The molecule has 0 radical (unpaired) electrons. The Balaban J connectivity index is 1.74. The molecule has 3 aromatic rings. The van der Waals surface area contributed by atoms with Gasteiger partial charge in [0.1, 0.15) is 18.2 Å². The Morgan fingerprint density at radius 2 is 1.85 bits per heavy atom. The third-order valence-electron chi connectivity index (χ3n) is 3.02. The Morgan fingerprint density at radius 1 is 1.00 bits per heavy atom. The molecule has 3 heteroatoms. The Labute approximate surface area is 116 Å². The molecule has 0 spiro atoms. The highest BCUT2D eigenvalue weighted by atomic mass is 19.1. The molecule has 20 heavy (non-hydrogen) atoms. The molecule has 0 amide bonds. The Bertz CT molecular complexity index is 675. The average molecular weight is 268 g/mol. The molecular weight excluding hydrogens is 255 g/mol. The van der Waals surface area contributed by atoms with E-state index in [9.17, 15) is 4.39 Å². The van der Waals surface area contributed by atoms with Gasteiger partial charge in [0.25, 0.3) is 0 Å². The second-order valence-corrected chi connectivity index (χ2v) is 4.43. The lowest BCUT2D eigenvalue weighted by Gasteiger charge is -2.08. The normalized spacial score (nSPS) is 10.4. The van der Waals surface area contributed by atoms with Gasteiger partial charge >= 0.3 is 0 Å². The zero-order valence-corrected chi connectivity index (χ0v) is 10.8.